The molecule has 2 nitrogen and oxygen atoms in total. The molecule has 1 rings (SSSR count). The van der Waals surface area contributed by atoms with Gasteiger partial charge in [0, 0.05) is 23.7 Å². The molecule has 0 amide bonds. The fourth-order valence-electron chi connectivity index (χ4n) is 1.59. The van der Waals surface area contributed by atoms with E-state index in [0.29, 0.717) is 0 Å². The zero-order valence-electron chi connectivity index (χ0n) is 10.1. The van der Waals surface area contributed by atoms with Crippen molar-refractivity contribution in [2.75, 3.05) is 5.33 Å². The summed E-state index contributed by atoms with van der Waals surface area (Å²) in [4.78, 5) is 0. The van der Waals surface area contributed by atoms with Crippen molar-refractivity contribution in [1.82, 2.24) is 9.78 Å². The van der Waals surface area contributed by atoms with Crippen molar-refractivity contribution in [1.29, 1.82) is 0 Å². The normalized spacial score (nSPS) is 14.8. The van der Waals surface area contributed by atoms with E-state index in [-0.39, 0.29) is 5.41 Å². The summed E-state index contributed by atoms with van der Waals surface area (Å²) in [6.45, 7) is 11.2. The van der Waals surface area contributed by atoms with Gasteiger partial charge in [0.25, 0.3) is 0 Å². The van der Waals surface area contributed by atoms with Gasteiger partial charge < -0.3 is 0 Å². The Morgan fingerprint density at radius 3 is 2.62 bits per heavy atom. The van der Waals surface area contributed by atoms with E-state index in [1.807, 2.05) is 13.0 Å². The van der Waals surface area contributed by atoms with E-state index in [1.54, 1.807) is 0 Å². The summed E-state index contributed by atoms with van der Waals surface area (Å²) in [5.41, 5.74) is 2.38. The zero-order chi connectivity index (χ0) is 12.3. The van der Waals surface area contributed by atoms with Crippen molar-refractivity contribution in [3.05, 3.63) is 28.5 Å². The number of hydrogen-bond acceptors (Lipinski definition) is 1. The zero-order valence-corrected chi connectivity index (χ0v) is 13.2. The number of alkyl halides is 1. The van der Waals surface area contributed by atoms with Crippen molar-refractivity contribution in [3.63, 3.8) is 0 Å². The molecule has 1 atom stereocenters. The van der Waals surface area contributed by atoms with Crippen LogP contribution in [-0.2, 0) is 13.0 Å². The monoisotopic (exact) mass is 348 g/mol. The van der Waals surface area contributed by atoms with E-state index >= 15 is 0 Å². The third kappa shape index (κ3) is 2.77. The van der Waals surface area contributed by atoms with Crippen molar-refractivity contribution >= 4 is 31.9 Å². The molecule has 1 heterocycles. The summed E-state index contributed by atoms with van der Waals surface area (Å²) < 4.78 is 3.19. The minimum absolute atomic E-state index is 0.0713. The average molecular weight is 350 g/mol. The molecule has 0 aromatic carbocycles. The minimum atomic E-state index is 0.0713. The van der Waals surface area contributed by atoms with Gasteiger partial charge in [0.15, 0.2) is 0 Å². The molecular formula is C12H18Br2N2. The maximum Gasteiger partial charge on any atom is 0.0738 e. The summed E-state index contributed by atoms with van der Waals surface area (Å²) >= 11 is 7.17. The fraction of sp³-hybridized carbons (Fsp3) is 0.583. The number of aromatic nitrogens is 2. The molecule has 0 spiro atoms. The molecule has 1 aromatic rings. The first-order valence-corrected chi connectivity index (χ1v) is 7.30. The molecular weight excluding hydrogens is 332 g/mol. The van der Waals surface area contributed by atoms with Crippen LogP contribution in [-0.4, -0.2) is 15.1 Å². The van der Waals surface area contributed by atoms with Gasteiger partial charge in [-0.15, -0.1) is 6.58 Å². The molecule has 0 aliphatic carbocycles. The molecule has 0 fully saturated rings. The highest BCUT2D eigenvalue weighted by Gasteiger charge is 2.24. The molecule has 90 valence electrons. The van der Waals surface area contributed by atoms with Gasteiger partial charge in [-0.1, -0.05) is 28.9 Å². The van der Waals surface area contributed by atoms with Crippen LogP contribution in [0.15, 0.2) is 17.1 Å². The minimum Gasteiger partial charge on any atom is -0.268 e. The Bertz CT molecular complexity index is 385. The number of nitrogens with zero attached hydrogens (tertiary/aromatic N) is 2. The summed E-state index contributed by atoms with van der Waals surface area (Å²) in [6, 6.07) is 0. The molecule has 0 radical (unpaired) electrons. The van der Waals surface area contributed by atoms with Crippen LogP contribution in [0.4, 0.5) is 0 Å². The van der Waals surface area contributed by atoms with Crippen LogP contribution in [0.1, 0.15) is 25.2 Å². The predicted molar refractivity (Wildman–Crippen MR) is 76.1 cm³/mol. The molecule has 1 unspecified atom stereocenters. The quantitative estimate of drug-likeness (QED) is 0.578. The molecule has 0 aliphatic heterocycles. The van der Waals surface area contributed by atoms with Crippen molar-refractivity contribution in [3.8, 4) is 0 Å². The van der Waals surface area contributed by atoms with Crippen LogP contribution in [0.2, 0.25) is 0 Å². The van der Waals surface area contributed by atoms with Gasteiger partial charge in [-0.25, -0.2) is 0 Å². The summed E-state index contributed by atoms with van der Waals surface area (Å²) in [5, 5.41) is 5.41. The predicted octanol–water partition coefficient (Wildman–Crippen LogP) is 4.10. The SMILES string of the molecule is C=CC(C)(CBr)Cc1c(Br)c(C)nn1CC. The smallest absolute Gasteiger partial charge is 0.0738 e. The van der Waals surface area contributed by atoms with Crippen LogP contribution >= 0.6 is 31.9 Å². The summed E-state index contributed by atoms with van der Waals surface area (Å²) in [5.74, 6) is 0. The Kier molecular flexibility index (Phi) is 4.80. The van der Waals surface area contributed by atoms with Crippen molar-refractivity contribution < 1.29 is 0 Å². The Balaban J connectivity index is 3.08. The molecule has 0 saturated heterocycles. The van der Waals surface area contributed by atoms with Crippen LogP contribution in [0.3, 0.4) is 0 Å². The second-order valence-electron chi connectivity index (χ2n) is 4.33. The molecule has 4 heteroatoms. The second-order valence-corrected chi connectivity index (χ2v) is 5.68. The van der Waals surface area contributed by atoms with E-state index in [2.05, 4.69) is 62.1 Å². The highest BCUT2D eigenvalue weighted by molar-refractivity contribution is 9.10. The highest BCUT2D eigenvalue weighted by Crippen LogP contribution is 2.31. The number of aryl methyl sites for hydroxylation is 2. The first-order valence-electron chi connectivity index (χ1n) is 5.38. The van der Waals surface area contributed by atoms with Crippen molar-refractivity contribution in [2.45, 2.75) is 33.7 Å². The maximum absolute atomic E-state index is 4.50. The van der Waals surface area contributed by atoms with Crippen LogP contribution in [0, 0.1) is 12.3 Å². The number of halogens is 2. The van der Waals surface area contributed by atoms with Crippen LogP contribution in [0.25, 0.3) is 0 Å². The van der Waals surface area contributed by atoms with E-state index < -0.39 is 0 Å². The lowest BCUT2D eigenvalue weighted by Gasteiger charge is -2.23. The van der Waals surface area contributed by atoms with E-state index in [4.69, 9.17) is 0 Å². The van der Waals surface area contributed by atoms with Gasteiger partial charge in [-0.2, -0.15) is 5.10 Å². The summed E-state index contributed by atoms with van der Waals surface area (Å²) in [7, 11) is 0. The number of hydrogen-bond donors (Lipinski definition) is 0. The Morgan fingerprint density at radius 2 is 2.19 bits per heavy atom. The molecule has 0 N–H and O–H groups in total. The van der Waals surface area contributed by atoms with Gasteiger partial charge in [0.2, 0.25) is 0 Å². The fourth-order valence-corrected chi connectivity index (χ4v) is 2.45. The lowest BCUT2D eigenvalue weighted by molar-refractivity contribution is 0.463. The first kappa shape index (κ1) is 14.0. The molecule has 0 bridgehead atoms. The largest absolute Gasteiger partial charge is 0.268 e. The van der Waals surface area contributed by atoms with Gasteiger partial charge in [0.05, 0.1) is 15.9 Å². The Labute approximate surface area is 114 Å². The summed E-state index contributed by atoms with van der Waals surface area (Å²) in [6.07, 6.45) is 2.95. The molecule has 1 aromatic heterocycles. The average Bonchev–Trinajstić information content (AvgIpc) is 2.56. The topological polar surface area (TPSA) is 17.8 Å². The highest BCUT2D eigenvalue weighted by atomic mass is 79.9. The van der Waals surface area contributed by atoms with Gasteiger partial charge >= 0.3 is 0 Å². The maximum atomic E-state index is 4.50. The third-order valence-corrected chi connectivity index (χ3v) is 5.13. The van der Waals surface area contributed by atoms with E-state index in [9.17, 15) is 0 Å². The van der Waals surface area contributed by atoms with Gasteiger partial charge in [-0.3, -0.25) is 4.68 Å². The number of allylic oxidation sites excluding steroid dienone is 1. The Morgan fingerprint density at radius 1 is 1.56 bits per heavy atom. The first-order chi connectivity index (χ1) is 7.47. The lowest BCUT2D eigenvalue weighted by Crippen LogP contribution is -2.20. The second kappa shape index (κ2) is 5.50. The van der Waals surface area contributed by atoms with E-state index in [0.717, 1.165) is 28.5 Å². The molecule has 0 saturated carbocycles. The van der Waals surface area contributed by atoms with Crippen LogP contribution < -0.4 is 0 Å². The van der Waals surface area contributed by atoms with Crippen LogP contribution in [0.5, 0.6) is 0 Å². The van der Waals surface area contributed by atoms with Gasteiger partial charge in [0.1, 0.15) is 0 Å². The van der Waals surface area contributed by atoms with E-state index in [1.165, 1.54) is 5.69 Å². The molecule has 0 aliphatic rings. The standard InChI is InChI=1S/C12H18Br2N2/c1-5-12(4,8-13)7-10-11(14)9(3)15-16(10)6-2/h5H,1,6-8H2,2-4H3. The van der Waals surface area contributed by atoms with Crippen molar-refractivity contribution in [2.24, 2.45) is 5.41 Å². The lowest BCUT2D eigenvalue weighted by atomic mass is 9.88. The Hall–Kier alpha value is -0.0900. The van der Waals surface area contributed by atoms with Gasteiger partial charge in [-0.05, 0) is 29.8 Å². The number of rotatable bonds is 5. The molecule has 16 heavy (non-hydrogen) atoms. The third-order valence-electron chi connectivity index (χ3n) is 2.82.